The Balaban J connectivity index is 2.13. The van der Waals surface area contributed by atoms with Gasteiger partial charge >= 0.3 is 0 Å². The van der Waals surface area contributed by atoms with E-state index in [1.54, 1.807) is 6.20 Å². The highest BCUT2D eigenvalue weighted by atomic mass is 16.5. The van der Waals surface area contributed by atoms with Crippen molar-refractivity contribution in [2.45, 2.75) is 19.8 Å². The van der Waals surface area contributed by atoms with Crippen molar-refractivity contribution in [3.05, 3.63) is 42.6 Å². The predicted molar refractivity (Wildman–Crippen MR) is 64.0 cm³/mol. The Labute approximate surface area is 95.7 Å². The maximum Gasteiger partial charge on any atom is 0.216 e. The first-order valence-corrected chi connectivity index (χ1v) is 5.64. The first-order valence-electron chi connectivity index (χ1n) is 5.64. The fraction of sp³-hybridized carbons (Fsp3) is 0.308. The van der Waals surface area contributed by atoms with Crippen LogP contribution in [0.4, 0.5) is 0 Å². The minimum atomic E-state index is 0.745. The molecule has 84 valence electrons. The monoisotopic (exact) mass is 216 g/mol. The number of ether oxygens (including phenoxy) is 1. The molecule has 0 saturated heterocycles. The van der Waals surface area contributed by atoms with Crippen molar-refractivity contribution in [1.82, 2.24) is 9.78 Å². The summed E-state index contributed by atoms with van der Waals surface area (Å²) in [5, 5.41) is 4.26. The molecule has 0 saturated carbocycles. The van der Waals surface area contributed by atoms with Gasteiger partial charge in [-0.15, -0.1) is 0 Å². The Morgan fingerprint density at radius 1 is 1.19 bits per heavy atom. The van der Waals surface area contributed by atoms with Crippen LogP contribution in [0.15, 0.2) is 42.6 Å². The van der Waals surface area contributed by atoms with Gasteiger partial charge in [0.1, 0.15) is 0 Å². The number of hydrogen-bond donors (Lipinski definition) is 0. The molecule has 0 fully saturated rings. The van der Waals surface area contributed by atoms with E-state index in [1.807, 2.05) is 41.1 Å². The Morgan fingerprint density at radius 3 is 2.75 bits per heavy atom. The highest BCUT2D eigenvalue weighted by Gasteiger charge is 2.04. The maximum atomic E-state index is 5.67. The fourth-order valence-corrected chi connectivity index (χ4v) is 1.48. The van der Waals surface area contributed by atoms with Crippen LogP contribution in [0.3, 0.4) is 0 Å². The van der Waals surface area contributed by atoms with Gasteiger partial charge in [0.05, 0.1) is 18.5 Å². The first-order chi connectivity index (χ1) is 7.92. The second kappa shape index (κ2) is 5.35. The van der Waals surface area contributed by atoms with Gasteiger partial charge in [-0.2, -0.15) is 5.10 Å². The molecule has 3 nitrogen and oxygen atoms in total. The molecule has 1 aromatic carbocycles. The second-order valence-corrected chi connectivity index (χ2v) is 3.62. The molecule has 0 aliphatic heterocycles. The van der Waals surface area contributed by atoms with Crippen LogP contribution < -0.4 is 4.74 Å². The average molecular weight is 216 g/mol. The van der Waals surface area contributed by atoms with Crippen LogP contribution in [0.1, 0.15) is 19.8 Å². The summed E-state index contributed by atoms with van der Waals surface area (Å²) >= 11 is 0. The van der Waals surface area contributed by atoms with Gasteiger partial charge in [-0.05, 0) is 18.6 Å². The van der Waals surface area contributed by atoms with Gasteiger partial charge in [0.25, 0.3) is 0 Å². The van der Waals surface area contributed by atoms with Gasteiger partial charge in [-0.1, -0.05) is 31.5 Å². The van der Waals surface area contributed by atoms with Crippen molar-refractivity contribution >= 4 is 0 Å². The molecule has 1 heterocycles. The van der Waals surface area contributed by atoms with E-state index in [-0.39, 0.29) is 0 Å². The molecule has 0 radical (unpaired) electrons. The standard InChI is InChI=1S/C13H16N2O/c1-2-3-11-16-13-9-10-14-15(13)12-7-5-4-6-8-12/h4-10H,2-3,11H2,1H3. The molecule has 0 N–H and O–H groups in total. The summed E-state index contributed by atoms with van der Waals surface area (Å²) in [6, 6.07) is 11.9. The van der Waals surface area contributed by atoms with Crippen LogP contribution in [0.25, 0.3) is 5.69 Å². The van der Waals surface area contributed by atoms with Crippen molar-refractivity contribution in [3.63, 3.8) is 0 Å². The molecule has 0 aliphatic rings. The summed E-state index contributed by atoms with van der Waals surface area (Å²) in [5.74, 6) is 0.805. The molecule has 0 unspecified atom stereocenters. The van der Waals surface area contributed by atoms with E-state index in [1.165, 1.54) is 0 Å². The van der Waals surface area contributed by atoms with Crippen LogP contribution in [-0.4, -0.2) is 16.4 Å². The van der Waals surface area contributed by atoms with Crippen LogP contribution >= 0.6 is 0 Å². The molecule has 2 aromatic rings. The number of aromatic nitrogens is 2. The Bertz CT molecular complexity index is 423. The third kappa shape index (κ3) is 2.42. The van der Waals surface area contributed by atoms with Gasteiger partial charge in [-0.3, -0.25) is 0 Å². The van der Waals surface area contributed by atoms with E-state index in [2.05, 4.69) is 12.0 Å². The molecular weight excluding hydrogens is 200 g/mol. The molecule has 16 heavy (non-hydrogen) atoms. The van der Waals surface area contributed by atoms with E-state index in [4.69, 9.17) is 4.74 Å². The molecule has 0 aliphatic carbocycles. The third-order valence-corrected chi connectivity index (χ3v) is 2.36. The van der Waals surface area contributed by atoms with Gasteiger partial charge in [0, 0.05) is 6.07 Å². The molecule has 0 atom stereocenters. The zero-order valence-corrected chi connectivity index (χ0v) is 9.47. The van der Waals surface area contributed by atoms with Crippen LogP contribution in [-0.2, 0) is 0 Å². The normalized spacial score (nSPS) is 10.3. The van der Waals surface area contributed by atoms with E-state index in [0.717, 1.165) is 31.0 Å². The predicted octanol–water partition coefficient (Wildman–Crippen LogP) is 3.05. The van der Waals surface area contributed by atoms with Crippen molar-refractivity contribution in [1.29, 1.82) is 0 Å². The van der Waals surface area contributed by atoms with Crippen LogP contribution in [0, 0.1) is 0 Å². The SMILES string of the molecule is CCCCOc1ccnn1-c1ccccc1. The zero-order valence-electron chi connectivity index (χ0n) is 9.47. The van der Waals surface area contributed by atoms with E-state index in [0.29, 0.717) is 0 Å². The largest absolute Gasteiger partial charge is 0.478 e. The van der Waals surface area contributed by atoms with Crippen molar-refractivity contribution in [2.75, 3.05) is 6.61 Å². The average Bonchev–Trinajstić information content (AvgIpc) is 2.79. The lowest BCUT2D eigenvalue weighted by atomic mass is 10.3. The number of nitrogens with zero attached hydrogens (tertiary/aromatic N) is 2. The van der Waals surface area contributed by atoms with E-state index >= 15 is 0 Å². The van der Waals surface area contributed by atoms with Crippen molar-refractivity contribution in [3.8, 4) is 11.6 Å². The molecule has 0 amide bonds. The molecular formula is C13H16N2O. The number of benzene rings is 1. The number of hydrogen-bond acceptors (Lipinski definition) is 2. The highest BCUT2D eigenvalue weighted by molar-refractivity contribution is 5.34. The van der Waals surface area contributed by atoms with Crippen molar-refractivity contribution in [2.24, 2.45) is 0 Å². The lowest BCUT2D eigenvalue weighted by molar-refractivity contribution is 0.289. The van der Waals surface area contributed by atoms with Gasteiger partial charge in [0.15, 0.2) is 0 Å². The van der Waals surface area contributed by atoms with Gasteiger partial charge in [0.2, 0.25) is 5.88 Å². The summed E-state index contributed by atoms with van der Waals surface area (Å²) in [7, 11) is 0. The Hall–Kier alpha value is -1.77. The molecule has 3 heteroatoms. The third-order valence-electron chi connectivity index (χ3n) is 2.36. The summed E-state index contributed by atoms with van der Waals surface area (Å²) in [5.41, 5.74) is 1.03. The molecule has 0 spiro atoms. The summed E-state index contributed by atoms with van der Waals surface area (Å²) in [6.07, 6.45) is 3.97. The lowest BCUT2D eigenvalue weighted by Crippen LogP contribution is -2.03. The topological polar surface area (TPSA) is 27.1 Å². The Kier molecular flexibility index (Phi) is 3.59. The summed E-state index contributed by atoms with van der Waals surface area (Å²) in [6.45, 7) is 2.90. The van der Waals surface area contributed by atoms with Gasteiger partial charge < -0.3 is 4.74 Å². The quantitative estimate of drug-likeness (QED) is 0.718. The van der Waals surface area contributed by atoms with E-state index in [9.17, 15) is 0 Å². The second-order valence-electron chi connectivity index (χ2n) is 3.62. The lowest BCUT2D eigenvalue weighted by Gasteiger charge is -2.08. The fourth-order valence-electron chi connectivity index (χ4n) is 1.48. The minimum absolute atomic E-state index is 0.745. The first kappa shape index (κ1) is 10.7. The molecule has 1 aromatic heterocycles. The number of rotatable bonds is 5. The maximum absolute atomic E-state index is 5.67. The number of unbranched alkanes of at least 4 members (excludes halogenated alkanes) is 1. The minimum Gasteiger partial charge on any atom is -0.478 e. The summed E-state index contributed by atoms with van der Waals surface area (Å²) < 4.78 is 7.49. The highest BCUT2D eigenvalue weighted by Crippen LogP contribution is 2.16. The van der Waals surface area contributed by atoms with E-state index < -0.39 is 0 Å². The zero-order chi connectivity index (χ0) is 11.2. The molecule has 0 bridgehead atoms. The van der Waals surface area contributed by atoms with Crippen LogP contribution in [0.5, 0.6) is 5.88 Å². The van der Waals surface area contributed by atoms with Crippen molar-refractivity contribution < 1.29 is 4.74 Å². The smallest absolute Gasteiger partial charge is 0.216 e. The Morgan fingerprint density at radius 2 is 2.00 bits per heavy atom. The van der Waals surface area contributed by atoms with Gasteiger partial charge in [-0.25, -0.2) is 4.68 Å². The van der Waals surface area contributed by atoms with Crippen LogP contribution in [0.2, 0.25) is 0 Å². The molecule has 2 rings (SSSR count). The number of para-hydroxylation sites is 1. The summed E-state index contributed by atoms with van der Waals surface area (Å²) in [4.78, 5) is 0.